The zero-order valence-electron chi connectivity index (χ0n) is 9.63. The highest BCUT2D eigenvalue weighted by atomic mass is 19.4. The van der Waals surface area contributed by atoms with Gasteiger partial charge >= 0.3 is 6.18 Å². The Kier molecular flexibility index (Phi) is 7.70. The maximum Gasteiger partial charge on any atom is 0.394 e. The molecule has 0 aromatic rings. The van der Waals surface area contributed by atoms with Crippen LogP contribution in [0, 0.1) is 5.92 Å². The average Bonchev–Trinajstić information content (AvgIpc) is 2.20. The van der Waals surface area contributed by atoms with Gasteiger partial charge in [-0.15, -0.1) is 0 Å². The summed E-state index contributed by atoms with van der Waals surface area (Å²) in [5.74, 6) is -1.50. The maximum absolute atomic E-state index is 12.5. The van der Waals surface area contributed by atoms with Gasteiger partial charge in [0.15, 0.2) is 0 Å². The topological polar surface area (TPSA) is 49.5 Å². The molecule has 1 atom stereocenters. The highest BCUT2D eigenvalue weighted by Gasteiger charge is 2.39. The van der Waals surface area contributed by atoms with Gasteiger partial charge in [0.25, 0.3) is 0 Å². The number of nitrogens with two attached hydrogens (primary N) is 1. The predicted octanol–water partition coefficient (Wildman–Crippen LogP) is 1.22. The van der Waals surface area contributed by atoms with Gasteiger partial charge in [-0.1, -0.05) is 13.3 Å². The number of nitrogens with zero attached hydrogens (tertiary/aromatic N) is 1. The van der Waals surface area contributed by atoms with E-state index in [4.69, 9.17) is 10.8 Å². The fourth-order valence-electron chi connectivity index (χ4n) is 1.44. The molecular weight excluding hydrogens is 221 g/mol. The molecule has 0 fully saturated rings. The van der Waals surface area contributed by atoms with E-state index in [2.05, 4.69) is 0 Å². The minimum atomic E-state index is -4.26. The zero-order valence-corrected chi connectivity index (χ0v) is 9.63. The summed E-state index contributed by atoms with van der Waals surface area (Å²) in [6.45, 7) is 2.16. The van der Waals surface area contributed by atoms with Gasteiger partial charge in [0.1, 0.15) is 0 Å². The lowest BCUT2D eigenvalue weighted by Gasteiger charge is -2.27. The highest BCUT2D eigenvalue weighted by molar-refractivity contribution is 4.73. The molecule has 0 aliphatic heterocycles. The number of aliphatic hydroxyl groups is 1. The van der Waals surface area contributed by atoms with E-state index in [1.54, 1.807) is 4.90 Å². The van der Waals surface area contributed by atoms with Crippen LogP contribution >= 0.6 is 0 Å². The summed E-state index contributed by atoms with van der Waals surface area (Å²) >= 11 is 0. The average molecular weight is 242 g/mol. The van der Waals surface area contributed by atoms with Crippen LogP contribution in [0.3, 0.4) is 0 Å². The van der Waals surface area contributed by atoms with Crippen LogP contribution in [0.2, 0.25) is 0 Å². The van der Waals surface area contributed by atoms with Crippen LogP contribution in [0.15, 0.2) is 0 Å². The number of alkyl halides is 3. The minimum Gasteiger partial charge on any atom is -0.395 e. The smallest absolute Gasteiger partial charge is 0.394 e. The van der Waals surface area contributed by atoms with Gasteiger partial charge in [-0.25, -0.2) is 0 Å². The molecule has 0 rings (SSSR count). The molecule has 6 heteroatoms. The second kappa shape index (κ2) is 7.86. The van der Waals surface area contributed by atoms with Crippen molar-refractivity contribution in [3.05, 3.63) is 0 Å². The van der Waals surface area contributed by atoms with Gasteiger partial charge in [0.2, 0.25) is 0 Å². The number of hydrogen-bond acceptors (Lipinski definition) is 3. The lowest BCUT2D eigenvalue weighted by atomic mass is 10.1. The van der Waals surface area contributed by atoms with E-state index in [0.717, 1.165) is 12.8 Å². The fourth-order valence-corrected chi connectivity index (χ4v) is 1.44. The van der Waals surface area contributed by atoms with Crippen LogP contribution in [0.25, 0.3) is 0 Å². The molecule has 98 valence electrons. The molecule has 3 N–H and O–H groups in total. The summed E-state index contributed by atoms with van der Waals surface area (Å²) in [5, 5.41) is 8.77. The molecule has 0 saturated heterocycles. The van der Waals surface area contributed by atoms with E-state index in [1.165, 1.54) is 0 Å². The monoisotopic (exact) mass is 242 g/mol. The summed E-state index contributed by atoms with van der Waals surface area (Å²) < 4.78 is 37.4. The third-order valence-electron chi connectivity index (χ3n) is 2.47. The van der Waals surface area contributed by atoms with E-state index in [0.29, 0.717) is 6.54 Å². The Morgan fingerprint density at radius 2 is 1.94 bits per heavy atom. The summed E-state index contributed by atoms with van der Waals surface area (Å²) in [6, 6.07) is 0. The Morgan fingerprint density at radius 3 is 2.31 bits per heavy atom. The molecule has 1 unspecified atom stereocenters. The van der Waals surface area contributed by atoms with Gasteiger partial charge in [0, 0.05) is 19.6 Å². The van der Waals surface area contributed by atoms with E-state index >= 15 is 0 Å². The lowest BCUT2D eigenvalue weighted by molar-refractivity contribution is -0.176. The van der Waals surface area contributed by atoms with Crippen molar-refractivity contribution < 1.29 is 18.3 Å². The van der Waals surface area contributed by atoms with Crippen LogP contribution in [0.1, 0.15) is 19.8 Å². The molecule has 0 aliphatic carbocycles. The number of halogens is 3. The summed E-state index contributed by atoms with van der Waals surface area (Å²) in [6.07, 6.45) is -2.51. The van der Waals surface area contributed by atoms with Crippen molar-refractivity contribution in [1.29, 1.82) is 0 Å². The Balaban J connectivity index is 4.22. The second-order valence-corrected chi connectivity index (χ2v) is 3.85. The van der Waals surface area contributed by atoms with E-state index in [-0.39, 0.29) is 19.7 Å². The van der Waals surface area contributed by atoms with E-state index in [1.807, 2.05) is 6.92 Å². The molecule has 3 nitrogen and oxygen atoms in total. The first-order chi connectivity index (χ1) is 7.45. The molecule has 0 aromatic carbocycles. The lowest BCUT2D eigenvalue weighted by Crippen LogP contribution is -2.42. The molecule has 0 aliphatic rings. The first kappa shape index (κ1) is 15.7. The van der Waals surface area contributed by atoms with Crippen molar-refractivity contribution in [2.45, 2.75) is 25.9 Å². The van der Waals surface area contributed by atoms with Crippen LogP contribution in [-0.4, -0.2) is 49.0 Å². The van der Waals surface area contributed by atoms with Crippen LogP contribution in [0.5, 0.6) is 0 Å². The zero-order chi connectivity index (χ0) is 12.6. The van der Waals surface area contributed by atoms with Gasteiger partial charge in [-0.05, 0) is 13.0 Å². The van der Waals surface area contributed by atoms with Gasteiger partial charge in [0.05, 0.1) is 12.5 Å². The molecule has 0 aromatic heterocycles. The number of rotatable bonds is 8. The largest absolute Gasteiger partial charge is 0.395 e. The molecule has 16 heavy (non-hydrogen) atoms. The summed E-state index contributed by atoms with van der Waals surface area (Å²) in [4.78, 5) is 1.62. The minimum absolute atomic E-state index is 0.124. The normalized spacial score (nSPS) is 14.4. The molecule has 0 amide bonds. The SMILES string of the molecule is CCCCN(CCO)CC(CN)C(F)(F)F. The van der Waals surface area contributed by atoms with Gasteiger partial charge in [-0.3, -0.25) is 0 Å². The standard InChI is InChI=1S/C10H21F3N2O/c1-2-3-4-15(5-6-16)8-9(7-14)10(11,12)13/h9,16H,2-8,14H2,1H3. The van der Waals surface area contributed by atoms with Crippen molar-refractivity contribution >= 4 is 0 Å². The third kappa shape index (κ3) is 6.30. The number of unbranched alkanes of at least 4 members (excludes halogenated alkanes) is 1. The van der Waals surface area contributed by atoms with Crippen LogP contribution in [-0.2, 0) is 0 Å². The number of aliphatic hydroxyl groups excluding tert-OH is 1. The van der Waals surface area contributed by atoms with E-state index in [9.17, 15) is 13.2 Å². The van der Waals surface area contributed by atoms with Crippen molar-refractivity contribution in [2.75, 3.05) is 32.8 Å². The quantitative estimate of drug-likeness (QED) is 0.673. The van der Waals surface area contributed by atoms with Crippen LogP contribution in [0.4, 0.5) is 13.2 Å². The first-order valence-electron chi connectivity index (χ1n) is 5.55. The summed E-state index contributed by atoms with van der Waals surface area (Å²) in [7, 11) is 0. The van der Waals surface area contributed by atoms with Crippen molar-refractivity contribution in [2.24, 2.45) is 11.7 Å². The number of hydrogen-bond donors (Lipinski definition) is 2. The second-order valence-electron chi connectivity index (χ2n) is 3.85. The molecule has 0 saturated carbocycles. The molecule has 0 bridgehead atoms. The Bertz CT molecular complexity index is 176. The van der Waals surface area contributed by atoms with Crippen molar-refractivity contribution in [3.8, 4) is 0 Å². The first-order valence-corrected chi connectivity index (χ1v) is 5.55. The van der Waals surface area contributed by atoms with Gasteiger partial charge < -0.3 is 15.7 Å². The molecule has 0 heterocycles. The highest BCUT2D eigenvalue weighted by Crippen LogP contribution is 2.26. The maximum atomic E-state index is 12.5. The van der Waals surface area contributed by atoms with Crippen molar-refractivity contribution in [1.82, 2.24) is 4.90 Å². The molecule has 0 radical (unpaired) electrons. The van der Waals surface area contributed by atoms with Gasteiger partial charge in [-0.2, -0.15) is 13.2 Å². The molecule has 0 spiro atoms. The van der Waals surface area contributed by atoms with E-state index < -0.39 is 18.6 Å². The molecular formula is C10H21F3N2O. The fraction of sp³-hybridized carbons (Fsp3) is 1.00. The predicted molar refractivity (Wildman–Crippen MR) is 57.0 cm³/mol. The van der Waals surface area contributed by atoms with Crippen LogP contribution < -0.4 is 5.73 Å². The Morgan fingerprint density at radius 1 is 1.31 bits per heavy atom. The third-order valence-corrected chi connectivity index (χ3v) is 2.47. The Labute approximate surface area is 94.4 Å². The Hall–Kier alpha value is -0.330. The summed E-state index contributed by atoms with van der Waals surface area (Å²) in [5.41, 5.74) is 5.12. The van der Waals surface area contributed by atoms with Crippen molar-refractivity contribution in [3.63, 3.8) is 0 Å².